The van der Waals surface area contributed by atoms with Crippen LogP contribution in [0, 0.1) is 0 Å². The Morgan fingerprint density at radius 2 is 1.50 bits per heavy atom. The molecular weight excluding hydrogens is 419 g/mol. The second-order valence-electron chi connectivity index (χ2n) is 6.62. The molecule has 0 bridgehead atoms. The van der Waals surface area contributed by atoms with Crippen molar-refractivity contribution in [2.24, 2.45) is 0 Å². The molecule has 0 spiro atoms. The summed E-state index contributed by atoms with van der Waals surface area (Å²) in [5.41, 5.74) is 1.82. The fraction of sp³-hybridized carbons (Fsp3) is 0.0833. The molecule has 0 heterocycles. The predicted octanol–water partition coefficient (Wildman–Crippen LogP) is 6.05. The molecule has 152 valence electrons. The van der Waals surface area contributed by atoms with E-state index in [1.807, 2.05) is 37.3 Å². The summed E-state index contributed by atoms with van der Waals surface area (Å²) in [7, 11) is 0. The zero-order chi connectivity index (χ0) is 21.5. The number of benzene rings is 3. The van der Waals surface area contributed by atoms with Gasteiger partial charge in [0.1, 0.15) is 5.57 Å². The van der Waals surface area contributed by atoms with Crippen molar-refractivity contribution in [3.05, 3.63) is 112 Å². The lowest BCUT2D eigenvalue weighted by atomic mass is 10.0. The first kappa shape index (κ1) is 21.6. The third-order valence-corrected chi connectivity index (χ3v) is 5.06. The molecular formula is C24H20Cl2N2O2. The smallest absolute Gasteiger partial charge is 0.257 e. The summed E-state index contributed by atoms with van der Waals surface area (Å²) in [5.74, 6) is -0.974. The summed E-state index contributed by atoms with van der Waals surface area (Å²) in [6, 6.07) is 22.8. The third-order valence-electron chi connectivity index (χ3n) is 4.48. The molecule has 0 aliphatic rings. The summed E-state index contributed by atoms with van der Waals surface area (Å²) in [4.78, 5) is 26.1. The lowest BCUT2D eigenvalue weighted by Crippen LogP contribution is -2.31. The minimum atomic E-state index is -0.502. The van der Waals surface area contributed by atoms with Crippen molar-refractivity contribution in [3.63, 3.8) is 0 Å². The minimum absolute atomic E-state index is 0.0548. The zero-order valence-corrected chi connectivity index (χ0v) is 17.7. The highest BCUT2D eigenvalue weighted by molar-refractivity contribution is 6.37. The molecule has 2 N–H and O–H groups in total. The molecule has 3 aromatic rings. The number of halogens is 2. The summed E-state index contributed by atoms with van der Waals surface area (Å²) in [6.07, 6.45) is 1.39. The van der Waals surface area contributed by atoms with E-state index >= 15 is 0 Å². The number of nitrogens with one attached hydrogen (secondary N) is 2. The highest BCUT2D eigenvalue weighted by atomic mass is 35.5. The maximum absolute atomic E-state index is 13.1. The number of hydrogen-bond donors (Lipinski definition) is 2. The van der Waals surface area contributed by atoms with E-state index in [4.69, 9.17) is 23.2 Å². The fourth-order valence-electron chi connectivity index (χ4n) is 2.83. The lowest BCUT2D eigenvalue weighted by molar-refractivity contribution is -0.117. The molecule has 0 saturated heterocycles. The SMILES string of the molecule is CC(NC(=O)C(=CNc1ccc(Cl)cc1)C(=O)c1ccccc1Cl)c1ccccc1. The van der Waals surface area contributed by atoms with Gasteiger partial charge in [0.2, 0.25) is 5.78 Å². The second-order valence-corrected chi connectivity index (χ2v) is 7.47. The van der Waals surface area contributed by atoms with Gasteiger partial charge in [0.05, 0.1) is 11.1 Å². The van der Waals surface area contributed by atoms with Crippen molar-refractivity contribution >= 4 is 40.6 Å². The Kier molecular flexibility index (Phi) is 7.28. The summed E-state index contributed by atoms with van der Waals surface area (Å²) in [5, 5.41) is 6.74. The number of rotatable bonds is 7. The van der Waals surface area contributed by atoms with Crippen LogP contribution in [0.2, 0.25) is 10.0 Å². The molecule has 1 atom stereocenters. The minimum Gasteiger partial charge on any atom is -0.361 e. The van der Waals surface area contributed by atoms with Gasteiger partial charge in [-0.1, -0.05) is 65.7 Å². The normalized spacial score (nSPS) is 12.2. The Hall–Kier alpha value is -3.08. The number of anilines is 1. The number of carbonyl (C=O) groups excluding carboxylic acids is 2. The van der Waals surface area contributed by atoms with Crippen molar-refractivity contribution in [3.8, 4) is 0 Å². The number of ketones is 1. The third kappa shape index (κ3) is 5.50. The first-order valence-corrected chi connectivity index (χ1v) is 10.1. The molecule has 4 nitrogen and oxygen atoms in total. The molecule has 0 aliphatic heterocycles. The van der Waals surface area contributed by atoms with E-state index in [1.54, 1.807) is 48.5 Å². The van der Waals surface area contributed by atoms with Crippen LogP contribution in [0.1, 0.15) is 28.9 Å². The van der Waals surface area contributed by atoms with Crippen LogP contribution in [0.4, 0.5) is 5.69 Å². The molecule has 0 fully saturated rings. The molecule has 3 rings (SSSR count). The van der Waals surface area contributed by atoms with Gasteiger partial charge in [0.15, 0.2) is 0 Å². The van der Waals surface area contributed by atoms with E-state index in [9.17, 15) is 9.59 Å². The van der Waals surface area contributed by atoms with Crippen LogP contribution in [0.5, 0.6) is 0 Å². The van der Waals surface area contributed by atoms with Crippen molar-refractivity contribution in [1.82, 2.24) is 5.32 Å². The van der Waals surface area contributed by atoms with Crippen molar-refractivity contribution in [2.45, 2.75) is 13.0 Å². The topological polar surface area (TPSA) is 58.2 Å². The van der Waals surface area contributed by atoms with Gasteiger partial charge in [-0.15, -0.1) is 0 Å². The standard InChI is InChI=1S/C24H20Cl2N2O2/c1-16(17-7-3-2-4-8-17)28-24(30)21(15-27-19-13-11-18(25)12-14-19)23(29)20-9-5-6-10-22(20)26/h2-16,27H,1H3,(H,28,30). The average Bonchev–Trinajstić information content (AvgIpc) is 2.76. The van der Waals surface area contributed by atoms with Crippen LogP contribution in [-0.2, 0) is 4.79 Å². The molecule has 1 amide bonds. The first-order chi connectivity index (χ1) is 14.5. The van der Waals surface area contributed by atoms with Crippen LogP contribution in [0.15, 0.2) is 90.6 Å². The van der Waals surface area contributed by atoms with Gasteiger partial charge in [-0.25, -0.2) is 0 Å². The molecule has 3 aromatic carbocycles. The molecule has 0 aromatic heterocycles. The van der Waals surface area contributed by atoms with Crippen LogP contribution in [0.3, 0.4) is 0 Å². The van der Waals surface area contributed by atoms with Gasteiger partial charge in [-0.05, 0) is 48.9 Å². The van der Waals surface area contributed by atoms with Crippen molar-refractivity contribution in [2.75, 3.05) is 5.32 Å². The van der Waals surface area contributed by atoms with Gasteiger partial charge in [-0.3, -0.25) is 9.59 Å². The second kappa shape index (κ2) is 10.1. The number of Topliss-reactive ketones (excluding diaryl/α,β-unsaturated/α-hetero) is 1. The highest BCUT2D eigenvalue weighted by Gasteiger charge is 2.23. The molecule has 0 radical (unpaired) electrons. The molecule has 0 saturated carbocycles. The van der Waals surface area contributed by atoms with Crippen LogP contribution < -0.4 is 10.6 Å². The first-order valence-electron chi connectivity index (χ1n) is 9.33. The number of carbonyl (C=O) groups is 2. The van der Waals surface area contributed by atoms with Gasteiger partial charge in [-0.2, -0.15) is 0 Å². The van der Waals surface area contributed by atoms with E-state index < -0.39 is 11.7 Å². The maximum atomic E-state index is 13.1. The van der Waals surface area contributed by atoms with Crippen molar-refractivity contribution < 1.29 is 9.59 Å². The zero-order valence-electron chi connectivity index (χ0n) is 16.2. The van der Waals surface area contributed by atoms with Gasteiger partial charge in [0.25, 0.3) is 5.91 Å². The summed E-state index contributed by atoms with van der Waals surface area (Å²) >= 11 is 12.1. The number of amides is 1. The average molecular weight is 439 g/mol. The molecule has 1 unspecified atom stereocenters. The highest BCUT2D eigenvalue weighted by Crippen LogP contribution is 2.21. The van der Waals surface area contributed by atoms with Crippen molar-refractivity contribution in [1.29, 1.82) is 0 Å². The van der Waals surface area contributed by atoms with E-state index in [-0.39, 0.29) is 22.2 Å². The maximum Gasteiger partial charge on any atom is 0.257 e. The fourth-order valence-corrected chi connectivity index (χ4v) is 3.17. The molecule has 30 heavy (non-hydrogen) atoms. The predicted molar refractivity (Wildman–Crippen MR) is 122 cm³/mol. The van der Waals surface area contributed by atoms with Gasteiger partial charge >= 0.3 is 0 Å². The molecule has 0 aliphatic carbocycles. The number of hydrogen-bond acceptors (Lipinski definition) is 3. The Bertz CT molecular complexity index is 1060. The Balaban J connectivity index is 1.88. The van der Waals surface area contributed by atoms with Gasteiger partial charge in [0, 0.05) is 22.5 Å². The quantitative estimate of drug-likeness (QED) is 0.204. The largest absolute Gasteiger partial charge is 0.361 e. The Labute approximate surface area is 185 Å². The van der Waals surface area contributed by atoms with E-state index in [0.717, 1.165) is 5.56 Å². The Morgan fingerprint density at radius 1 is 0.867 bits per heavy atom. The van der Waals surface area contributed by atoms with E-state index in [2.05, 4.69) is 10.6 Å². The van der Waals surface area contributed by atoms with E-state index in [0.29, 0.717) is 10.7 Å². The molecule has 6 heteroatoms. The summed E-state index contributed by atoms with van der Waals surface area (Å²) in [6.45, 7) is 1.86. The van der Waals surface area contributed by atoms with Crippen LogP contribution in [0.25, 0.3) is 0 Å². The van der Waals surface area contributed by atoms with Crippen LogP contribution in [-0.4, -0.2) is 11.7 Å². The lowest BCUT2D eigenvalue weighted by Gasteiger charge is -2.16. The monoisotopic (exact) mass is 438 g/mol. The Morgan fingerprint density at radius 3 is 2.17 bits per heavy atom. The van der Waals surface area contributed by atoms with Gasteiger partial charge < -0.3 is 10.6 Å². The van der Waals surface area contributed by atoms with Crippen LogP contribution >= 0.6 is 23.2 Å². The van der Waals surface area contributed by atoms with E-state index in [1.165, 1.54) is 6.20 Å². The summed E-state index contributed by atoms with van der Waals surface area (Å²) < 4.78 is 0.